The maximum atomic E-state index is 11.1. The van der Waals surface area contributed by atoms with Crippen LogP contribution in [0.15, 0.2) is 12.3 Å². The predicted molar refractivity (Wildman–Crippen MR) is 138 cm³/mol. The highest BCUT2D eigenvalue weighted by atomic mass is 16.4. The van der Waals surface area contributed by atoms with Gasteiger partial charge >= 0.3 is 11.9 Å². The van der Waals surface area contributed by atoms with Crippen molar-refractivity contribution in [1.82, 2.24) is 0 Å². The van der Waals surface area contributed by atoms with Crippen LogP contribution in [0.2, 0.25) is 0 Å². The van der Waals surface area contributed by atoms with E-state index in [-0.39, 0.29) is 0 Å². The van der Waals surface area contributed by atoms with E-state index in [0.717, 1.165) is 19.3 Å². The number of unbranched alkanes of at least 4 members (excludes halogenated alkanes) is 18. The number of hydrogen-bond donors (Lipinski definition) is 2. The zero-order valence-electron chi connectivity index (χ0n) is 22.2. The van der Waals surface area contributed by atoms with Gasteiger partial charge in [0.05, 0.1) is 12.2 Å². The number of carboxylic acids is 3. The van der Waals surface area contributed by atoms with Crippen LogP contribution in [0.3, 0.4) is 0 Å². The Morgan fingerprint density at radius 3 is 1.26 bits per heavy atom. The number of carbonyl (C=O) groups excluding carboxylic acids is 1. The van der Waals surface area contributed by atoms with Crippen molar-refractivity contribution in [2.45, 2.75) is 129 Å². The lowest BCUT2D eigenvalue weighted by molar-refractivity contribution is -0.859. The molecule has 0 aromatic carbocycles. The van der Waals surface area contributed by atoms with E-state index in [0.29, 0.717) is 6.42 Å². The summed E-state index contributed by atoms with van der Waals surface area (Å²) in [6.45, 7) is 0.387. The van der Waals surface area contributed by atoms with Gasteiger partial charge in [0, 0.05) is 0 Å². The Kier molecular flexibility index (Phi) is 21.3. The van der Waals surface area contributed by atoms with Crippen molar-refractivity contribution in [2.24, 2.45) is 0 Å². The number of carbonyl (C=O) groups is 3. The van der Waals surface area contributed by atoms with Gasteiger partial charge in [0.25, 0.3) is 0 Å². The standard InChI is InChI=1S/C28H51NO6/c1-2-3-4-5-6-7-8-9-10-11-12-13-14-15-16-17-18-19-20-21-22-29(23-26(30)31,24-27(32)33)25-28(34)35/h21-22H,2-20,23-25H2,1H3,(H2-,30,31,32,33,34,35)/b22-21+. The van der Waals surface area contributed by atoms with Gasteiger partial charge < -0.3 is 20.1 Å². The second-order valence-corrected chi connectivity index (χ2v) is 10.0. The number of carboxylic acid groups (broad SMARTS) is 3. The SMILES string of the molecule is CCCCCCCCCCCCCCCCCCCC/C=C/[N+](CC(=O)[O-])(CC(=O)O)CC(=O)O. The molecule has 0 fully saturated rings. The second-order valence-electron chi connectivity index (χ2n) is 10.0. The van der Waals surface area contributed by atoms with Gasteiger partial charge in [0.15, 0.2) is 13.1 Å². The zero-order chi connectivity index (χ0) is 26.2. The fourth-order valence-corrected chi connectivity index (χ4v) is 4.58. The Morgan fingerprint density at radius 1 is 0.600 bits per heavy atom. The lowest BCUT2D eigenvalue weighted by Crippen LogP contribution is -2.55. The van der Waals surface area contributed by atoms with Crippen LogP contribution in [0.1, 0.15) is 129 Å². The Bertz CT molecular complexity index is 549. The molecule has 0 aromatic heterocycles. The number of allylic oxidation sites excluding steroid dienone is 1. The van der Waals surface area contributed by atoms with E-state index in [4.69, 9.17) is 10.2 Å². The average molecular weight is 498 g/mol. The number of quaternary nitrogens is 1. The first-order valence-corrected chi connectivity index (χ1v) is 14.0. The zero-order valence-corrected chi connectivity index (χ0v) is 22.2. The van der Waals surface area contributed by atoms with Gasteiger partial charge in [-0.25, -0.2) is 9.59 Å². The van der Waals surface area contributed by atoms with Crippen LogP contribution in [0.5, 0.6) is 0 Å². The molecule has 0 aromatic rings. The molecule has 0 atom stereocenters. The summed E-state index contributed by atoms with van der Waals surface area (Å²) < 4.78 is -0.675. The Labute approximate surface area is 213 Å². The normalized spacial score (nSPS) is 11.8. The molecule has 0 spiro atoms. The van der Waals surface area contributed by atoms with E-state index in [1.807, 2.05) is 0 Å². The molecule has 7 nitrogen and oxygen atoms in total. The van der Waals surface area contributed by atoms with Crippen LogP contribution >= 0.6 is 0 Å². The van der Waals surface area contributed by atoms with Gasteiger partial charge in [-0.3, -0.25) is 4.48 Å². The molecule has 35 heavy (non-hydrogen) atoms. The highest BCUT2D eigenvalue weighted by Crippen LogP contribution is 2.15. The van der Waals surface area contributed by atoms with Gasteiger partial charge in [-0.1, -0.05) is 116 Å². The van der Waals surface area contributed by atoms with E-state index >= 15 is 0 Å². The first kappa shape index (κ1) is 33.1. The number of hydrogen-bond acceptors (Lipinski definition) is 4. The first-order valence-electron chi connectivity index (χ1n) is 14.0. The van der Waals surface area contributed by atoms with Crippen LogP contribution in [0, 0.1) is 0 Å². The average Bonchev–Trinajstić information content (AvgIpc) is 2.76. The second kappa shape index (κ2) is 22.6. The van der Waals surface area contributed by atoms with Crippen molar-refractivity contribution in [3.8, 4) is 0 Å². The summed E-state index contributed by atoms with van der Waals surface area (Å²) in [7, 11) is 0. The van der Waals surface area contributed by atoms with Crippen LogP contribution in [0.25, 0.3) is 0 Å². The maximum Gasteiger partial charge on any atom is 0.359 e. The molecule has 0 aliphatic rings. The molecule has 0 unspecified atom stereocenters. The molecule has 204 valence electrons. The smallest absolute Gasteiger partial charge is 0.359 e. The topological polar surface area (TPSA) is 115 Å². The summed E-state index contributed by atoms with van der Waals surface area (Å²) in [5, 5.41) is 29.2. The molecule has 0 amide bonds. The minimum absolute atomic E-state index is 0.601. The third-order valence-electron chi connectivity index (χ3n) is 6.49. The minimum Gasteiger partial charge on any atom is -0.544 e. The molecule has 0 aliphatic heterocycles. The molecule has 0 bridgehead atoms. The van der Waals surface area contributed by atoms with E-state index in [1.165, 1.54) is 103 Å². The molecule has 0 radical (unpaired) electrons. The minimum atomic E-state index is -1.47. The van der Waals surface area contributed by atoms with Crippen molar-refractivity contribution in [3.05, 3.63) is 12.3 Å². The summed E-state index contributed by atoms with van der Waals surface area (Å²) in [6, 6.07) is 0. The van der Waals surface area contributed by atoms with Gasteiger partial charge in [0.2, 0.25) is 0 Å². The van der Waals surface area contributed by atoms with Crippen LogP contribution in [-0.4, -0.2) is 52.2 Å². The molecular formula is C28H51NO6. The molecule has 0 saturated heterocycles. The van der Waals surface area contributed by atoms with Gasteiger partial charge in [-0.15, -0.1) is 0 Å². The largest absolute Gasteiger partial charge is 0.544 e. The fraction of sp³-hybridized carbons (Fsp3) is 0.821. The van der Waals surface area contributed by atoms with Crippen molar-refractivity contribution < 1.29 is 34.2 Å². The van der Waals surface area contributed by atoms with Gasteiger partial charge in [-0.2, -0.15) is 0 Å². The lowest BCUT2D eigenvalue weighted by Gasteiger charge is -2.32. The van der Waals surface area contributed by atoms with Crippen molar-refractivity contribution in [2.75, 3.05) is 19.6 Å². The third-order valence-corrected chi connectivity index (χ3v) is 6.49. The van der Waals surface area contributed by atoms with Crippen LogP contribution < -0.4 is 5.11 Å². The van der Waals surface area contributed by atoms with Crippen molar-refractivity contribution >= 4 is 17.9 Å². The van der Waals surface area contributed by atoms with E-state index in [2.05, 4.69) is 6.92 Å². The van der Waals surface area contributed by atoms with Crippen LogP contribution in [0.4, 0.5) is 0 Å². The molecule has 2 N–H and O–H groups in total. The highest BCUT2D eigenvalue weighted by molar-refractivity contribution is 5.72. The predicted octanol–water partition coefficient (Wildman–Crippen LogP) is 5.67. The first-order chi connectivity index (χ1) is 16.8. The van der Waals surface area contributed by atoms with E-state index < -0.39 is 42.0 Å². The summed E-state index contributed by atoms with van der Waals surface area (Å²) in [6.07, 6.45) is 27.2. The summed E-state index contributed by atoms with van der Waals surface area (Å²) in [5.74, 6) is -3.96. The molecule has 0 rings (SSSR count). The fourth-order valence-electron chi connectivity index (χ4n) is 4.58. The van der Waals surface area contributed by atoms with Gasteiger partial charge in [-0.05, 0) is 18.9 Å². The van der Waals surface area contributed by atoms with Crippen molar-refractivity contribution in [3.63, 3.8) is 0 Å². The quantitative estimate of drug-likeness (QED) is 0.118. The summed E-state index contributed by atoms with van der Waals surface area (Å²) in [5.41, 5.74) is 0. The van der Waals surface area contributed by atoms with Crippen LogP contribution in [-0.2, 0) is 14.4 Å². The van der Waals surface area contributed by atoms with E-state index in [9.17, 15) is 19.5 Å². The number of aliphatic carboxylic acids is 3. The highest BCUT2D eigenvalue weighted by Gasteiger charge is 2.31. The Balaban J connectivity index is 3.76. The number of rotatable bonds is 26. The van der Waals surface area contributed by atoms with Gasteiger partial charge in [0.1, 0.15) is 6.54 Å². The Morgan fingerprint density at radius 2 is 0.943 bits per heavy atom. The third kappa shape index (κ3) is 22.3. The molecule has 7 heteroatoms. The number of nitrogens with zero attached hydrogens (tertiary/aromatic N) is 1. The summed E-state index contributed by atoms with van der Waals surface area (Å²) in [4.78, 5) is 33.3. The Hall–Kier alpha value is -1.89. The summed E-state index contributed by atoms with van der Waals surface area (Å²) >= 11 is 0. The lowest BCUT2D eigenvalue weighted by atomic mass is 10.0. The molecule has 0 heterocycles. The molecule has 0 aliphatic carbocycles. The molecular weight excluding hydrogens is 446 g/mol. The van der Waals surface area contributed by atoms with E-state index in [1.54, 1.807) is 6.08 Å². The molecule has 0 saturated carbocycles. The monoisotopic (exact) mass is 497 g/mol. The van der Waals surface area contributed by atoms with Crippen molar-refractivity contribution in [1.29, 1.82) is 0 Å². The maximum absolute atomic E-state index is 11.1.